The lowest BCUT2D eigenvalue weighted by atomic mass is 9.96. The Morgan fingerprint density at radius 3 is 2.29 bits per heavy atom. The van der Waals surface area contributed by atoms with Gasteiger partial charge in [0.2, 0.25) is 0 Å². The van der Waals surface area contributed by atoms with Gasteiger partial charge in [-0.1, -0.05) is 27.7 Å². The van der Waals surface area contributed by atoms with E-state index in [2.05, 4.69) is 45.0 Å². The molecule has 0 bridgehead atoms. The maximum Gasteiger partial charge on any atom is 0.00270 e. The van der Waals surface area contributed by atoms with Gasteiger partial charge in [-0.15, -0.1) is 0 Å². The van der Waals surface area contributed by atoms with Gasteiger partial charge in [0.05, 0.1) is 0 Å². The minimum Gasteiger partial charge on any atom is -0.317 e. The average Bonchev–Trinajstić information content (AvgIpc) is 2.00. The predicted octanol–water partition coefficient (Wildman–Crippen LogP) is 2.35. The largest absolute Gasteiger partial charge is 0.317 e. The second kappa shape index (κ2) is 7.24. The molecule has 0 aromatic heterocycles. The Kier molecular flexibility index (Phi) is 7.20. The van der Waals surface area contributed by atoms with Gasteiger partial charge in [0.1, 0.15) is 0 Å². The molecule has 0 heterocycles. The molecule has 0 aliphatic heterocycles. The Balaban J connectivity index is 3.31. The quantitative estimate of drug-likeness (QED) is 0.635. The normalized spacial score (nSPS) is 12.4. The van der Waals surface area contributed by atoms with E-state index in [-0.39, 0.29) is 0 Å². The fourth-order valence-corrected chi connectivity index (χ4v) is 1.70. The first kappa shape index (κ1) is 13.9. The summed E-state index contributed by atoms with van der Waals surface area (Å²) in [6.45, 7) is 13.7. The number of nitrogens with zero attached hydrogens (tertiary/aromatic N) is 1. The highest BCUT2D eigenvalue weighted by Gasteiger charge is 2.12. The molecule has 0 aliphatic carbocycles. The highest BCUT2D eigenvalue weighted by atomic mass is 15.1. The van der Waals surface area contributed by atoms with Crippen LogP contribution in [0.5, 0.6) is 0 Å². The molecule has 0 saturated heterocycles. The van der Waals surface area contributed by atoms with Crippen LogP contribution in [0, 0.1) is 5.41 Å². The van der Waals surface area contributed by atoms with Crippen molar-refractivity contribution in [2.24, 2.45) is 5.41 Å². The summed E-state index contributed by atoms with van der Waals surface area (Å²) < 4.78 is 0. The standard InChI is InChI=1S/C12H28N2/c1-6-13-9-7-8-10-14(5)11-12(2,3)4/h13H,6-11H2,1-5H3. The Morgan fingerprint density at radius 2 is 1.79 bits per heavy atom. The molecule has 0 radical (unpaired) electrons. The minimum absolute atomic E-state index is 0.427. The zero-order valence-corrected chi connectivity index (χ0v) is 10.7. The summed E-state index contributed by atoms with van der Waals surface area (Å²) >= 11 is 0. The van der Waals surface area contributed by atoms with Crippen molar-refractivity contribution >= 4 is 0 Å². The number of unbranched alkanes of at least 4 members (excludes halogenated alkanes) is 1. The second-order valence-corrected chi connectivity index (χ2v) is 5.36. The first-order chi connectivity index (χ1) is 6.45. The van der Waals surface area contributed by atoms with Gasteiger partial charge in [0.25, 0.3) is 0 Å². The summed E-state index contributed by atoms with van der Waals surface area (Å²) in [5, 5.41) is 3.35. The molecule has 86 valence electrons. The molecule has 0 rings (SSSR count). The fourth-order valence-electron chi connectivity index (χ4n) is 1.70. The minimum atomic E-state index is 0.427. The summed E-state index contributed by atoms with van der Waals surface area (Å²) in [7, 11) is 2.22. The fraction of sp³-hybridized carbons (Fsp3) is 1.00. The molecular weight excluding hydrogens is 172 g/mol. The van der Waals surface area contributed by atoms with E-state index in [0.29, 0.717) is 5.41 Å². The van der Waals surface area contributed by atoms with E-state index in [1.807, 2.05) is 0 Å². The summed E-state index contributed by atoms with van der Waals surface area (Å²) in [6.07, 6.45) is 2.60. The lowest BCUT2D eigenvalue weighted by Gasteiger charge is -2.26. The summed E-state index contributed by atoms with van der Waals surface area (Å²) in [5.41, 5.74) is 0.427. The lowest BCUT2D eigenvalue weighted by Crippen LogP contribution is -2.30. The second-order valence-electron chi connectivity index (χ2n) is 5.36. The van der Waals surface area contributed by atoms with Gasteiger partial charge in [-0.2, -0.15) is 0 Å². The van der Waals surface area contributed by atoms with Gasteiger partial charge in [-0.3, -0.25) is 0 Å². The van der Waals surface area contributed by atoms with Gasteiger partial charge < -0.3 is 10.2 Å². The van der Waals surface area contributed by atoms with Crippen molar-refractivity contribution in [1.29, 1.82) is 0 Å². The van der Waals surface area contributed by atoms with E-state index >= 15 is 0 Å². The van der Waals surface area contributed by atoms with Crippen LogP contribution in [0.4, 0.5) is 0 Å². The summed E-state index contributed by atoms with van der Waals surface area (Å²) in [6, 6.07) is 0. The Bertz CT molecular complexity index is 127. The highest BCUT2D eigenvalue weighted by Crippen LogP contribution is 2.14. The number of rotatable bonds is 7. The van der Waals surface area contributed by atoms with Crippen LogP contribution >= 0.6 is 0 Å². The van der Waals surface area contributed by atoms with Crippen LogP contribution in [0.3, 0.4) is 0 Å². The zero-order valence-electron chi connectivity index (χ0n) is 10.7. The zero-order chi connectivity index (χ0) is 11.0. The van der Waals surface area contributed by atoms with Gasteiger partial charge in [0.15, 0.2) is 0 Å². The van der Waals surface area contributed by atoms with Gasteiger partial charge in [0, 0.05) is 6.54 Å². The summed E-state index contributed by atoms with van der Waals surface area (Å²) in [4.78, 5) is 2.44. The molecule has 0 aliphatic rings. The molecular formula is C12H28N2. The van der Waals surface area contributed by atoms with Crippen LogP contribution in [0.15, 0.2) is 0 Å². The van der Waals surface area contributed by atoms with E-state index in [4.69, 9.17) is 0 Å². The molecule has 0 atom stereocenters. The topological polar surface area (TPSA) is 15.3 Å². The molecule has 0 spiro atoms. The Morgan fingerprint density at radius 1 is 1.14 bits per heavy atom. The third kappa shape index (κ3) is 10.0. The Hall–Kier alpha value is -0.0800. The lowest BCUT2D eigenvalue weighted by molar-refractivity contribution is 0.224. The third-order valence-electron chi connectivity index (χ3n) is 2.14. The van der Waals surface area contributed by atoms with E-state index < -0.39 is 0 Å². The Labute approximate surface area is 90.1 Å². The van der Waals surface area contributed by atoms with E-state index in [1.165, 1.54) is 32.5 Å². The van der Waals surface area contributed by atoms with E-state index in [9.17, 15) is 0 Å². The molecule has 2 heteroatoms. The van der Waals surface area contributed by atoms with Crippen molar-refractivity contribution in [2.45, 2.75) is 40.5 Å². The SMILES string of the molecule is CCNCCCCN(C)CC(C)(C)C. The molecule has 2 nitrogen and oxygen atoms in total. The van der Waals surface area contributed by atoms with Gasteiger partial charge in [-0.25, -0.2) is 0 Å². The van der Waals surface area contributed by atoms with Crippen molar-refractivity contribution in [3.63, 3.8) is 0 Å². The molecule has 0 aromatic rings. The molecule has 0 aromatic carbocycles. The molecule has 0 amide bonds. The molecule has 0 unspecified atom stereocenters. The molecule has 0 fully saturated rings. The van der Waals surface area contributed by atoms with Crippen molar-refractivity contribution in [1.82, 2.24) is 10.2 Å². The maximum atomic E-state index is 3.35. The first-order valence-corrected chi connectivity index (χ1v) is 5.85. The average molecular weight is 200 g/mol. The van der Waals surface area contributed by atoms with Crippen LogP contribution in [0.25, 0.3) is 0 Å². The maximum absolute atomic E-state index is 3.35. The molecule has 0 saturated carbocycles. The van der Waals surface area contributed by atoms with Crippen LogP contribution in [-0.2, 0) is 0 Å². The van der Waals surface area contributed by atoms with Crippen LogP contribution in [0.2, 0.25) is 0 Å². The van der Waals surface area contributed by atoms with Gasteiger partial charge in [-0.05, 0) is 44.9 Å². The van der Waals surface area contributed by atoms with Gasteiger partial charge >= 0.3 is 0 Å². The number of hydrogen-bond acceptors (Lipinski definition) is 2. The monoisotopic (exact) mass is 200 g/mol. The van der Waals surface area contributed by atoms with Crippen LogP contribution in [-0.4, -0.2) is 38.1 Å². The predicted molar refractivity (Wildman–Crippen MR) is 64.7 cm³/mol. The molecule has 14 heavy (non-hydrogen) atoms. The van der Waals surface area contributed by atoms with Crippen molar-refractivity contribution < 1.29 is 0 Å². The molecule has 1 N–H and O–H groups in total. The number of nitrogens with one attached hydrogen (secondary N) is 1. The van der Waals surface area contributed by atoms with E-state index in [0.717, 1.165) is 6.54 Å². The third-order valence-corrected chi connectivity index (χ3v) is 2.14. The highest BCUT2D eigenvalue weighted by molar-refractivity contribution is 4.66. The van der Waals surface area contributed by atoms with E-state index in [1.54, 1.807) is 0 Å². The van der Waals surface area contributed by atoms with Crippen molar-refractivity contribution in [2.75, 3.05) is 33.2 Å². The van der Waals surface area contributed by atoms with Crippen LogP contribution < -0.4 is 5.32 Å². The summed E-state index contributed by atoms with van der Waals surface area (Å²) in [5.74, 6) is 0. The smallest absolute Gasteiger partial charge is 0.00270 e. The van der Waals surface area contributed by atoms with Crippen molar-refractivity contribution in [3.05, 3.63) is 0 Å². The van der Waals surface area contributed by atoms with Crippen molar-refractivity contribution in [3.8, 4) is 0 Å². The van der Waals surface area contributed by atoms with Crippen LogP contribution in [0.1, 0.15) is 40.5 Å². The first-order valence-electron chi connectivity index (χ1n) is 5.85. The number of hydrogen-bond donors (Lipinski definition) is 1.